The van der Waals surface area contributed by atoms with E-state index in [-0.39, 0.29) is 36.1 Å². The quantitative estimate of drug-likeness (QED) is 0.254. The lowest BCUT2D eigenvalue weighted by Gasteiger charge is -2.22. The van der Waals surface area contributed by atoms with Gasteiger partial charge in [0.15, 0.2) is 0 Å². The molecule has 1 saturated heterocycles. The van der Waals surface area contributed by atoms with Crippen molar-refractivity contribution >= 4 is 23.5 Å². The van der Waals surface area contributed by atoms with Crippen LogP contribution in [0.25, 0.3) is 11.4 Å². The van der Waals surface area contributed by atoms with Gasteiger partial charge in [0.1, 0.15) is 5.69 Å². The third kappa shape index (κ3) is 7.61. The molecule has 2 aromatic heterocycles. The zero-order chi connectivity index (χ0) is 34.9. The number of fused-ring (bicyclic) bond motifs is 1. The van der Waals surface area contributed by atoms with Crippen LogP contribution >= 0.6 is 0 Å². The van der Waals surface area contributed by atoms with Crippen LogP contribution in [0.4, 0.5) is 24.8 Å². The molecule has 4 heterocycles. The number of hydrogen-bond acceptors (Lipinski definition) is 7. The van der Waals surface area contributed by atoms with Gasteiger partial charge in [-0.2, -0.15) is 13.2 Å². The zero-order valence-electron chi connectivity index (χ0n) is 27.5. The summed E-state index contributed by atoms with van der Waals surface area (Å²) in [6.45, 7) is 2.17. The maximum Gasteiger partial charge on any atom is 0.416 e. The fourth-order valence-corrected chi connectivity index (χ4v) is 6.40. The van der Waals surface area contributed by atoms with Crippen LogP contribution in [0, 0.1) is 11.8 Å². The number of carbonyl (C=O) groups is 2. The van der Waals surface area contributed by atoms with Gasteiger partial charge >= 0.3 is 6.18 Å². The maximum absolute atomic E-state index is 14.1. The molecule has 49 heavy (non-hydrogen) atoms. The molecule has 254 valence electrons. The van der Waals surface area contributed by atoms with E-state index >= 15 is 0 Å². The lowest BCUT2D eigenvalue weighted by Crippen LogP contribution is -2.31. The molecule has 4 aromatic rings. The van der Waals surface area contributed by atoms with Crippen molar-refractivity contribution in [2.75, 3.05) is 44.8 Å². The molecule has 0 unspecified atom stereocenters. The van der Waals surface area contributed by atoms with Crippen LogP contribution < -0.4 is 16.4 Å². The molecule has 2 aliphatic rings. The first-order valence-corrected chi connectivity index (χ1v) is 15.9. The number of rotatable bonds is 7. The van der Waals surface area contributed by atoms with Crippen LogP contribution in [0.2, 0.25) is 0 Å². The Kier molecular flexibility index (Phi) is 9.45. The molecule has 2 aliphatic heterocycles. The number of alkyl halides is 3. The normalized spacial score (nSPS) is 16.2. The number of nitrogens with zero attached hydrogens (tertiary/aromatic N) is 5. The van der Waals surface area contributed by atoms with E-state index in [1.165, 1.54) is 18.3 Å². The summed E-state index contributed by atoms with van der Waals surface area (Å²) in [5.41, 5.74) is 9.83. The Morgan fingerprint density at radius 1 is 1.16 bits per heavy atom. The molecule has 0 bridgehead atoms. The Bertz CT molecular complexity index is 1970. The number of anilines is 2. The third-order valence-electron chi connectivity index (χ3n) is 9.00. The van der Waals surface area contributed by atoms with Crippen LogP contribution in [0.1, 0.15) is 50.3 Å². The molecule has 0 radical (unpaired) electrons. The van der Waals surface area contributed by atoms with Gasteiger partial charge in [-0.1, -0.05) is 30.0 Å². The Labute approximate surface area is 282 Å². The first-order chi connectivity index (χ1) is 23.4. The van der Waals surface area contributed by atoms with E-state index in [0.717, 1.165) is 24.7 Å². The summed E-state index contributed by atoms with van der Waals surface area (Å²) in [5, 5.41) is 5.48. The lowest BCUT2D eigenvalue weighted by atomic mass is 10.0. The summed E-state index contributed by atoms with van der Waals surface area (Å²) < 4.78 is 44.1. The fraction of sp³-hybridized carbons (Fsp3) is 0.333. The fourth-order valence-electron chi connectivity index (χ4n) is 6.40. The average Bonchev–Trinajstić information content (AvgIpc) is 3.66. The Morgan fingerprint density at radius 3 is 2.71 bits per heavy atom. The van der Waals surface area contributed by atoms with Gasteiger partial charge in [0.05, 0.1) is 28.8 Å². The second-order valence-electron chi connectivity index (χ2n) is 12.6. The highest BCUT2D eigenvalue weighted by molar-refractivity contribution is 5.98. The second-order valence-corrected chi connectivity index (χ2v) is 12.6. The Balaban J connectivity index is 1.16. The summed E-state index contributed by atoms with van der Waals surface area (Å²) in [6.07, 6.45) is -1.51. The van der Waals surface area contributed by atoms with Gasteiger partial charge < -0.3 is 25.8 Å². The van der Waals surface area contributed by atoms with E-state index in [1.807, 2.05) is 30.6 Å². The minimum atomic E-state index is -4.56. The van der Waals surface area contributed by atoms with Gasteiger partial charge in [0.25, 0.3) is 5.91 Å². The van der Waals surface area contributed by atoms with E-state index in [9.17, 15) is 22.8 Å². The smallest absolute Gasteiger partial charge is 0.368 e. The average molecular weight is 671 g/mol. The van der Waals surface area contributed by atoms with Crippen molar-refractivity contribution in [2.45, 2.75) is 38.0 Å². The number of carbonyl (C=O) groups excluding carboxylic acids is 2. The molecule has 2 aromatic carbocycles. The van der Waals surface area contributed by atoms with Crippen molar-refractivity contribution in [3.63, 3.8) is 0 Å². The molecule has 1 atom stereocenters. The molecule has 6 rings (SSSR count). The van der Waals surface area contributed by atoms with Gasteiger partial charge in [-0.15, -0.1) is 0 Å². The summed E-state index contributed by atoms with van der Waals surface area (Å²) >= 11 is 0. The molecule has 13 heteroatoms. The second kappa shape index (κ2) is 13.7. The predicted octanol–water partition coefficient (Wildman–Crippen LogP) is 4.09. The first kappa shape index (κ1) is 33.7. The Hall–Kier alpha value is -5.19. The van der Waals surface area contributed by atoms with Crippen molar-refractivity contribution in [3.8, 4) is 23.2 Å². The van der Waals surface area contributed by atoms with Crippen molar-refractivity contribution in [1.29, 1.82) is 0 Å². The van der Waals surface area contributed by atoms with E-state index in [0.29, 0.717) is 59.2 Å². The van der Waals surface area contributed by atoms with Crippen molar-refractivity contribution < 1.29 is 22.8 Å². The number of likely N-dealkylation sites (tertiary alicyclic amines) is 1. The molecule has 0 aliphatic carbocycles. The van der Waals surface area contributed by atoms with Gasteiger partial charge in [0, 0.05) is 68.8 Å². The van der Waals surface area contributed by atoms with Gasteiger partial charge in [-0.05, 0) is 62.0 Å². The first-order valence-electron chi connectivity index (χ1n) is 15.9. The van der Waals surface area contributed by atoms with Crippen LogP contribution in [0.3, 0.4) is 0 Å². The highest BCUT2D eigenvalue weighted by Gasteiger charge is 2.35. The molecular weight excluding hydrogens is 633 g/mol. The third-order valence-corrected chi connectivity index (χ3v) is 9.00. The van der Waals surface area contributed by atoms with Gasteiger partial charge in [0.2, 0.25) is 11.9 Å². The maximum atomic E-state index is 14.1. The van der Waals surface area contributed by atoms with Crippen LogP contribution in [0.5, 0.6) is 0 Å². The standard InChI is InChI=1S/C36H37F3N8O2/c1-45(2)27-12-14-47(21-27)20-25-9-10-26(17-29(25)36(37,38)39)43-32(48)16-23-6-4-5-22(15-23)7-8-24-19-42-35(40)44-33(24)31-18-28-30(46(31)3)11-13-41-34(28)49/h4-6,9-10,15,17-19,27H,11-14,16,20-21H2,1-3H3,(H,41,49)(H,43,48)(H2,40,42,44)/t27-/m0/s1. The predicted molar refractivity (Wildman–Crippen MR) is 180 cm³/mol. The number of amides is 2. The highest BCUT2D eigenvalue weighted by Crippen LogP contribution is 2.35. The van der Waals surface area contributed by atoms with E-state index in [4.69, 9.17) is 5.73 Å². The van der Waals surface area contributed by atoms with Crippen molar-refractivity contribution in [1.82, 2.24) is 29.7 Å². The zero-order valence-corrected chi connectivity index (χ0v) is 27.5. The number of nitrogens with one attached hydrogen (secondary N) is 2. The number of nitrogens with two attached hydrogens (primary N) is 1. The van der Waals surface area contributed by atoms with Crippen LogP contribution in [0.15, 0.2) is 54.7 Å². The van der Waals surface area contributed by atoms with Crippen molar-refractivity contribution in [3.05, 3.63) is 93.8 Å². The van der Waals surface area contributed by atoms with Gasteiger partial charge in [-0.3, -0.25) is 14.5 Å². The number of hydrogen-bond donors (Lipinski definition) is 3. The highest BCUT2D eigenvalue weighted by atomic mass is 19.4. The molecular formula is C36H37F3N8O2. The number of likely N-dealkylation sites (N-methyl/N-ethyl adjacent to an activating group) is 1. The summed E-state index contributed by atoms with van der Waals surface area (Å²) in [7, 11) is 5.82. The number of nitrogen functional groups attached to an aromatic ring is 1. The minimum absolute atomic E-state index is 0.0640. The molecule has 0 saturated carbocycles. The number of halogens is 3. The van der Waals surface area contributed by atoms with Crippen molar-refractivity contribution in [2.24, 2.45) is 7.05 Å². The lowest BCUT2D eigenvalue weighted by molar-refractivity contribution is -0.138. The number of benzene rings is 2. The van der Waals surface area contributed by atoms with E-state index in [1.54, 1.807) is 30.3 Å². The Morgan fingerprint density at radius 2 is 1.98 bits per heavy atom. The van der Waals surface area contributed by atoms with Crippen LogP contribution in [-0.4, -0.2) is 75.9 Å². The van der Waals surface area contributed by atoms with Crippen LogP contribution in [-0.2, 0) is 37.4 Å². The SMILES string of the molecule is CN(C)[C@H]1CCN(Cc2ccc(NC(=O)Cc3cccc(C#Cc4cnc(N)nc4-c4cc5c(n4C)CCNC5=O)c3)cc2C(F)(F)F)C1. The summed E-state index contributed by atoms with van der Waals surface area (Å²) in [4.78, 5) is 38.0. The van der Waals surface area contributed by atoms with E-state index in [2.05, 4.69) is 37.3 Å². The molecule has 10 nitrogen and oxygen atoms in total. The minimum Gasteiger partial charge on any atom is -0.368 e. The van der Waals surface area contributed by atoms with Gasteiger partial charge in [-0.25, -0.2) is 9.97 Å². The van der Waals surface area contributed by atoms with E-state index < -0.39 is 17.6 Å². The molecule has 4 N–H and O–H groups in total. The molecule has 2 amide bonds. The summed E-state index contributed by atoms with van der Waals surface area (Å²) in [5.74, 6) is 5.66. The molecule has 1 fully saturated rings. The number of aromatic nitrogens is 3. The monoisotopic (exact) mass is 670 g/mol. The largest absolute Gasteiger partial charge is 0.416 e. The summed E-state index contributed by atoms with van der Waals surface area (Å²) in [6, 6.07) is 13.1. The topological polar surface area (TPSA) is 121 Å². The molecule has 0 spiro atoms.